The average molecular weight is 495 g/mol. The first kappa shape index (κ1) is 23.9. The highest BCUT2D eigenvalue weighted by atomic mass is 32.2. The molecule has 1 fully saturated rings. The van der Waals surface area contributed by atoms with Crippen LogP contribution in [0.25, 0.3) is 16.7 Å². The summed E-state index contributed by atoms with van der Waals surface area (Å²) in [6.45, 7) is 6.42. The molecule has 3 aromatic rings. The third-order valence-corrected chi connectivity index (χ3v) is 7.19. The first-order valence-electron chi connectivity index (χ1n) is 10.5. The highest BCUT2D eigenvalue weighted by molar-refractivity contribution is 7.93. The van der Waals surface area contributed by atoms with Crippen molar-refractivity contribution in [3.8, 4) is 17.3 Å². The first-order valence-corrected chi connectivity index (χ1v) is 12.4. The van der Waals surface area contributed by atoms with Gasteiger partial charge in [0.2, 0.25) is 12.2 Å². The molecule has 1 atom stereocenters. The second kappa shape index (κ2) is 8.49. The molecule has 0 aliphatic carbocycles. The standard InChI is InChI=1S/C22H24F2N4O5S/c1-12(2)32-21-16-7-14(20(29)26-22(4)10-34(30,31)11-22)9-25-19(16)28(27-21)18-8-15(33-13(3)23)5-6-17(18)24/h5-9,12-13H,10-11H2,1-4H3,(H,26,29). The quantitative estimate of drug-likeness (QED) is 0.537. The third kappa shape index (κ3) is 4.81. The number of carbonyl (C=O) groups excluding carboxylic acids is 1. The number of hydrogen-bond acceptors (Lipinski definition) is 7. The van der Waals surface area contributed by atoms with Crippen LogP contribution >= 0.6 is 0 Å². The number of rotatable bonds is 7. The van der Waals surface area contributed by atoms with E-state index in [1.54, 1.807) is 20.8 Å². The summed E-state index contributed by atoms with van der Waals surface area (Å²) >= 11 is 0. The van der Waals surface area contributed by atoms with Crippen LogP contribution in [0.5, 0.6) is 11.6 Å². The zero-order valence-corrected chi connectivity index (χ0v) is 19.8. The van der Waals surface area contributed by atoms with Crippen LogP contribution in [0.3, 0.4) is 0 Å². The molecule has 4 rings (SSSR count). The first-order chi connectivity index (χ1) is 15.9. The van der Waals surface area contributed by atoms with Crippen LogP contribution in [0.15, 0.2) is 30.5 Å². The van der Waals surface area contributed by atoms with Crippen molar-refractivity contribution >= 4 is 26.8 Å². The maximum atomic E-state index is 14.7. The number of fused-ring (bicyclic) bond motifs is 1. The van der Waals surface area contributed by atoms with Gasteiger partial charge in [-0.3, -0.25) is 4.79 Å². The van der Waals surface area contributed by atoms with E-state index < -0.39 is 33.5 Å². The van der Waals surface area contributed by atoms with Crippen molar-refractivity contribution in [1.29, 1.82) is 0 Å². The van der Waals surface area contributed by atoms with Crippen molar-refractivity contribution in [3.05, 3.63) is 41.8 Å². The van der Waals surface area contributed by atoms with E-state index in [1.165, 1.54) is 36.0 Å². The Morgan fingerprint density at radius 1 is 1.21 bits per heavy atom. The minimum Gasteiger partial charge on any atom is -0.473 e. The Kier molecular flexibility index (Phi) is 5.96. The molecule has 1 unspecified atom stereocenters. The maximum Gasteiger partial charge on any atom is 0.253 e. The Hall–Kier alpha value is -3.28. The summed E-state index contributed by atoms with van der Waals surface area (Å²) in [6, 6.07) is 5.20. The number of hydrogen-bond donors (Lipinski definition) is 1. The monoisotopic (exact) mass is 494 g/mol. The Bertz CT molecular complexity index is 1360. The van der Waals surface area contributed by atoms with Crippen molar-refractivity contribution in [2.24, 2.45) is 0 Å². The molecule has 0 saturated carbocycles. The maximum absolute atomic E-state index is 14.7. The molecule has 0 radical (unpaired) electrons. The summed E-state index contributed by atoms with van der Waals surface area (Å²) in [6.07, 6.45) is -0.595. The number of nitrogens with one attached hydrogen (secondary N) is 1. The topological polar surface area (TPSA) is 112 Å². The molecule has 9 nitrogen and oxygen atoms in total. The van der Waals surface area contributed by atoms with Gasteiger partial charge in [-0.05, 0) is 39.0 Å². The number of halogens is 2. The van der Waals surface area contributed by atoms with Crippen LogP contribution in [0.2, 0.25) is 0 Å². The molecular weight excluding hydrogens is 470 g/mol. The Balaban J connectivity index is 1.75. The number of nitrogens with zero attached hydrogens (tertiary/aromatic N) is 3. The van der Waals surface area contributed by atoms with E-state index in [4.69, 9.17) is 9.47 Å². The SMILES string of the molecule is CC(C)Oc1nn(-c2cc(OC(C)F)ccc2F)c2ncc(C(=O)NC3(C)CS(=O)(=O)C3)cc12. The van der Waals surface area contributed by atoms with Gasteiger partial charge in [0.25, 0.3) is 5.91 Å². The molecule has 2 aromatic heterocycles. The molecule has 1 saturated heterocycles. The average Bonchev–Trinajstić information content (AvgIpc) is 3.04. The van der Waals surface area contributed by atoms with E-state index in [-0.39, 0.29) is 46.1 Å². The third-order valence-electron chi connectivity index (χ3n) is 5.03. The molecule has 1 aromatic carbocycles. The number of carbonyl (C=O) groups is 1. The predicted molar refractivity (Wildman–Crippen MR) is 120 cm³/mol. The van der Waals surface area contributed by atoms with E-state index in [0.29, 0.717) is 5.39 Å². The summed E-state index contributed by atoms with van der Waals surface area (Å²) in [5, 5.41) is 7.40. The highest BCUT2D eigenvalue weighted by Gasteiger charge is 2.45. The van der Waals surface area contributed by atoms with Gasteiger partial charge in [0, 0.05) is 19.2 Å². The highest BCUT2D eigenvalue weighted by Crippen LogP contribution is 2.31. The normalized spacial score (nSPS) is 17.3. The van der Waals surface area contributed by atoms with Gasteiger partial charge in [0.1, 0.15) is 17.3 Å². The van der Waals surface area contributed by atoms with Crippen LogP contribution in [0.4, 0.5) is 8.78 Å². The number of pyridine rings is 1. The molecule has 0 spiro atoms. The lowest BCUT2D eigenvalue weighted by Crippen LogP contribution is -2.63. The molecule has 3 heterocycles. The molecule has 182 valence electrons. The zero-order valence-electron chi connectivity index (χ0n) is 19.0. The van der Waals surface area contributed by atoms with Gasteiger partial charge in [-0.25, -0.2) is 26.9 Å². The molecular formula is C22H24F2N4O5S. The second-order valence-electron chi connectivity index (χ2n) is 8.80. The van der Waals surface area contributed by atoms with E-state index in [2.05, 4.69) is 15.4 Å². The fourth-order valence-corrected chi connectivity index (χ4v) is 5.84. The number of sulfone groups is 1. The zero-order chi connectivity index (χ0) is 24.8. The van der Waals surface area contributed by atoms with Crippen molar-refractivity contribution in [2.75, 3.05) is 11.5 Å². The van der Waals surface area contributed by atoms with Gasteiger partial charge >= 0.3 is 0 Å². The summed E-state index contributed by atoms with van der Waals surface area (Å²) in [4.78, 5) is 17.1. The summed E-state index contributed by atoms with van der Waals surface area (Å²) in [7, 11) is -3.15. The van der Waals surface area contributed by atoms with Gasteiger partial charge in [0.15, 0.2) is 15.5 Å². The Morgan fingerprint density at radius 3 is 2.53 bits per heavy atom. The van der Waals surface area contributed by atoms with E-state index in [9.17, 15) is 22.0 Å². The number of amides is 1. The van der Waals surface area contributed by atoms with Crippen LogP contribution < -0.4 is 14.8 Å². The lowest BCUT2D eigenvalue weighted by Gasteiger charge is -2.38. The minimum atomic E-state index is -3.15. The van der Waals surface area contributed by atoms with Gasteiger partial charge in [-0.1, -0.05) is 0 Å². The molecule has 12 heteroatoms. The lowest BCUT2D eigenvalue weighted by molar-refractivity contribution is 0.0858. The van der Waals surface area contributed by atoms with E-state index >= 15 is 0 Å². The molecule has 34 heavy (non-hydrogen) atoms. The van der Waals surface area contributed by atoms with Gasteiger partial charge in [-0.15, -0.1) is 5.10 Å². The van der Waals surface area contributed by atoms with Crippen LogP contribution in [-0.2, 0) is 9.84 Å². The number of ether oxygens (including phenoxy) is 2. The minimum absolute atomic E-state index is 0.0429. The van der Waals surface area contributed by atoms with Crippen molar-refractivity contribution in [3.63, 3.8) is 0 Å². The van der Waals surface area contributed by atoms with Gasteiger partial charge in [-0.2, -0.15) is 0 Å². The number of benzene rings is 1. The van der Waals surface area contributed by atoms with E-state index in [1.807, 2.05) is 0 Å². The van der Waals surface area contributed by atoms with Crippen molar-refractivity contribution in [1.82, 2.24) is 20.1 Å². The molecule has 0 bridgehead atoms. The fraction of sp³-hybridized carbons (Fsp3) is 0.409. The fourth-order valence-electron chi connectivity index (χ4n) is 3.84. The second-order valence-corrected chi connectivity index (χ2v) is 10.9. The molecule has 1 aliphatic rings. The van der Waals surface area contributed by atoms with Crippen molar-refractivity contribution in [2.45, 2.75) is 45.7 Å². The predicted octanol–water partition coefficient (Wildman–Crippen LogP) is 2.96. The summed E-state index contributed by atoms with van der Waals surface area (Å²) in [5.74, 6) is -1.22. The Labute approximate surface area is 195 Å². The lowest BCUT2D eigenvalue weighted by atomic mass is 10.1. The molecule has 1 aliphatic heterocycles. The number of alkyl halides is 1. The van der Waals surface area contributed by atoms with E-state index in [0.717, 1.165) is 6.07 Å². The number of aromatic nitrogens is 3. The van der Waals surface area contributed by atoms with Gasteiger partial charge in [0.05, 0.1) is 34.1 Å². The largest absolute Gasteiger partial charge is 0.473 e. The summed E-state index contributed by atoms with van der Waals surface area (Å²) in [5.41, 5.74) is -0.536. The smallest absolute Gasteiger partial charge is 0.253 e. The van der Waals surface area contributed by atoms with Crippen LogP contribution in [-0.4, -0.2) is 58.6 Å². The van der Waals surface area contributed by atoms with Gasteiger partial charge < -0.3 is 14.8 Å². The Morgan fingerprint density at radius 2 is 1.91 bits per heavy atom. The van der Waals surface area contributed by atoms with Crippen molar-refractivity contribution < 1.29 is 31.5 Å². The summed E-state index contributed by atoms with van der Waals surface area (Å²) < 4.78 is 63.0. The van der Waals surface area contributed by atoms with Crippen LogP contribution in [0, 0.1) is 5.82 Å². The molecule has 1 amide bonds. The van der Waals surface area contributed by atoms with Crippen LogP contribution in [0.1, 0.15) is 38.1 Å². The molecule has 1 N–H and O–H groups in total.